The second-order valence-electron chi connectivity index (χ2n) is 5.85. The van der Waals surface area contributed by atoms with E-state index in [-0.39, 0.29) is 30.4 Å². The molecule has 0 fully saturated rings. The zero-order valence-corrected chi connectivity index (χ0v) is 13.2. The van der Waals surface area contributed by atoms with Gasteiger partial charge in [0.05, 0.1) is 12.0 Å². The lowest BCUT2D eigenvalue weighted by Gasteiger charge is -2.21. The van der Waals surface area contributed by atoms with Crippen molar-refractivity contribution in [3.63, 3.8) is 0 Å². The van der Waals surface area contributed by atoms with E-state index in [0.717, 1.165) is 17.6 Å². The highest BCUT2D eigenvalue weighted by Gasteiger charge is 2.20. The molecular formula is C18H23NO3. The summed E-state index contributed by atoms with van der Waals surface area (Å²) in [4.78, 5) is 24.1. The number of hydrogen-bond donors (Lipinski definition) is 1. The first-order valence-electron chi connectivity index (χ1n) is 7.73. The average Bonchev–Trinajstić information content (AvgIpc) is 2.54. The maximum Gasteiger partial charge on any atom is 0.309 e. The third-order valence-electron chi connectivity index (χ3n) is 3.90. The number of nitrogens with one attached hydrogen (secondary N) is 1. The molecule has 2 atom stereocenters. The van der Waals surface area contributed by atoms with Crippen molar-refractivity contribution < 1.29 is 14.3 Å². The topological polar surface area (TPSA) is 55.4 Å². The van der Waals surface area contributed by atoms with Crippen molar-refractivity contribution in [2.75, 3.05) is 6.61 Å². The monoisotopic (exact) mass is 301 g/mol. The molecule has 1 aliphatic heterocycles. The molecule has 1 heterocycles. The van der Waals surface area contributed by atoms with Gasteiger partial charge in [-0.2, -0.15) is 0 Å². The molecule has 1 aromatic rings. The minimum absolute atomic E-state index is 0.0220. The summed E-state index contributed by atoms with van der Waals surface area (Å²) in [5.41, 5.74) is 2.08. The van der Waals surface area contributed by atoms with Crippen LogP contribution in [0, 0.1) is 5.92 Å². The van der Waals surface area contributed by atoms with Crippen molar-refractivity contribution in [3.8, 4) is 0 Å². The SMILES string of the molecule is C/C1=C/C[C@@H](C)C(=O)OC[C@@H](c2ccccc2)NC(=O)CC1. The van der Waals surface area contributed by atoms with Gasteiger partial charge >= 0.3 is 5.97 Å². The second kappa shape index (κ2) is 7.78. The minimum atomic E-state index is -0.298. The Labute approximate surface area is 131 Å². The Morgan fingerprint density at radius 3 is 2.59 bits per heavy atom. The molecule has 0 radical (unpaired) electrons. The van der Waals surface area contributed by atoms with Crippen LogP contribution in [-0.2, 0) is 14.3 Å². The molecule has 0 aromatic heterocycles. The van der Waals surface area contributed by atoms with E-state index in [0.29, 0.717) is 12.8 Å². The normalized spacial score (nSPS) is 26.7. The number of ether oxygens (including phenoxy) is 1. The molecule has 0 spiro atoms. The first-order chi connectivity index (χ1) is 10.6. The molecular weight excluding hydrogens is 278 g/mol. The van der Waals surface area contributed by atoms with Crippen LogP contribution in [0.3, 0.4) is 0 Å². The molecule has 4 heteroatoms. The summed E-state index contributed by atoms with van der Waals surface area (Å²) >= 11 is 0. The van der Waals surface area contributed by atoms with E-state index in [4.69, 9.17) is 4.74 Å². The van der Waals surface area contributed by atoms with Crippen LogP contribution in [0.5, 0.6) is 0 Å². The molecule has 0 aliphatic carbocycles. The Morgan fingerprint density at radius 1 is 1.14 bits per heavy atom. The molecule has 1 amide bonds. The Bertz CT molecular complexity index is 551. The molecule has 2 rings (SSSR count). The highest BCUT2D eigenvalue weighted by atomic mass is 16.5. The summed E-state index contributed by atoms with van der Waals surface area (Å²) in [6.07, 6.45) is 3.85. The van der Waals surface area contributed by atoms with Gasteiger partial charge in [-0.05, 0) is 25.3 Å². The van der Waals surface area contributed by atoms with Gasteiger partial charge in [-0.15, -0.1) is 0 Å². The van der Waals surface area contributed by atoms with Gasteiger partial charge in [0.25, 0.3) is 0 Å². The first-order valence-corrected chi connectivity index (χ1v) is 7.73. The van der Waals surface area contributed by atoms with E-state index in [9.17, 15) is 9.59 Å². The standard InChI is InChI=1S/C18H23NO3/c1-13-8-10-14(2)18(21)22-12-16(19-17(20)11-9-13)15-6-4-3-5-7-15/h3-8,14,16H,9-12H2,1-2H3,(H,19,20)/b13-8-/t14-,16+/m1/s1. The van der Waals surface area contributed by atoms with Crippen LogP contribution in [0.2, 0.25) is 0 Å². The molecule has 1 N–H and O–H groups in total. The molecule has 0 saturated carbocycles. The Kier molecular flexibility index (Phi) is 5.75. The fourth-order valence-electron chi connectivity index (χ4n) is 2.37. The van der Waals surface area contributed by atoms with Gasteiger partial charge < -0.3 is 10.1 Å². The lowest BCUT2D eigenvalue weighted by Crippen LogP contribution is -2.33. The van der Waals surface area contributed by atoms with Crippen LogP contribution in [0.15, 0.2) is 42.0 Å². The fourth-order valence-corrected chi connectivity index (χ4v) is 2.37. The van der Waals surface area contributed by atoms with E-state index >= 15 is 0 Å². The number of carbonyl (C=O) groups excluding carboxylic acids is 2. The van der Waals surface area contributed by atoms with Crippen molar-refractivity contribution in [1.82, 2.24) is 5.32 Å². The smallest absolute Gasteiger partial charge is 0.309 e. The molecule has 0 unspecified atom stereocenters. The summed E-state index contributed by atoms with van der Waals surface area (Å²) in [6, 6.07) is 9.30. The van der Waals surface area contributed by atoms with Gasteiger partial charge in [0, 0.05) is 6.42 Å². The number of cyclic esters (lactones) is 1. The van der Waals surface area contributed by atoms with Crippen LogP contribution in [-0.4, -0.2) is 18.5 Å². The van der Waals surface area contributed by atoms with Crippen molar-refractivity contribution >= 4 is 11.9 Å². The number of esters is 1. The summed E-state index contributed by atoms with van der Waals surface area (Å²) < 4.78 is 5.39. The summed E-state index contributed by atoms with van der Waals surface area (Å²) in [6.45, 7) is 4.03. The minimum Gasteiger partial charge on any atom is -0.463 e. The van der Waals surface area contributed by atoms with Crippen molar-refractivity contribution in [3.05, 3.63) is 47.5 Å². The number of hydrogen-bond acceptors (Lipinski definition) is 3. The van der Waals surface area contributed by atoms with E-state index in [2.05, 4.69) is 5.32 Å². The lowest BCUT2D eigenvalue weighted by molar-refractivity contribution is -0.149. The molecule has 0 saturated heterocycles. The Balaban J connectivity index is 2.16. The van der Waals surface area contributed by atoms with Crippen LogP contribution in [0.1, 0.15) is 44.7 Å². The van der Waals surface area contributed by atoms with Crippen molar-refractivity contribution in [2.24, 2.45) is 5.92 Å². The zero-order valence-electron chi connectivity index (χ0n) is 13.2. The number of benzene rings is 1. The van der Waals surface area contributed by atoms with Gasteiger partial charge in [0.1, 0.15) is 6.61 Å². The van der Waals surface area contributed by atoms with Crippen molar-refractivity contribution in [1.29, 1.82) is 0 Å². The largest absolute Gasteiger partial charge is 0.463 e. The second-order valence-corrected chi connectivity index (χ2v) is 5.85. The highest BCUT2D eigenvalue weighted by Crippen LogP contribution is 2.17. The van der Waals surface area contributed by atoms with Crippen LogP contribution in [0.4, 0.5) is 0 Å². The lowest BCUT2D eigenvalue weighted by atomic mass is 10.0. The molecule has 4 nitrogen and oxygen atoms in total. The molecule has 1 aromatic carbocycles. The quantitative estimate of drug-likeness (QED) is 0.640. The fraction of sp³-hybridized carbons (Fsp3) is 0.444. The summed E-state index contributed by atoms with van der Waals surface area (Å²) in [7, 11) is 0. The van der Waals surface area contributed by atoms with Gasteiger partial charge in [-0.1, -0.05) is 48.9 Å². The first kappa shape index (κ1) is 16.3. The van der Waals surface area contributed by atoms with E-state index in [1.165, 1.54) is 0 Å². The van der Waals surface area contributed by atoms with E-state index in [1.807, 2.05) is 50.3 Å². The molecule has 0 bridgehead atoms. The van der Waals surface area contributed by atoms with Gasteiger partial charge in [-0.25, -0.2) is 0 Å². The maximum absolute atomic E-state index is 12.1. The number of carbonyl (C=O) groups is 2. The highest BCUT2D eigenvalue weighted by molar-refractivity contribution is 5.77. The van der Waals surface area contributed by atoms with Crippen LogP contribution in [0.25, 0.3) is 0 Å². The predicted octanol–water partition coefficient (Wildman–Crippen LogP) is 3.15. The number of rotatable bonds is 1. The van der Waals surface area contributed by atoms with Gasteiger partial charge in [-0.3, -0.25) is 9.59 Å². The van der Waals surface area contributed by atoms with E-state index in [1.54, 1.807) is 0 Å². The molecule has 118 valence electrons. The number of allylic oxidation sites excluding steroid dienone is 2. The van der Waals surface area contributed by atoms with Gasteiger partial charge in [0.15, 0.2) is 0 Å². The average molecular weight is 301 g/mol. The van der Waals surface area contributed by atoms with Crippen LogP contribution < -0.4 is 5.32 Å². The zero-order chi connectivity index (χ0) is 15.9. The van der Waals surface area contributed by atoms with E-state index < -0.39 is 0 Å². The third kappa shape index (κ3) is 4.72. The predicted molar refractivity (Wildman–Crippen MR) is 85.1 cm³/mol. The van der Waals surface area contributed by atoms with Crippen LogP contribution >= 0.6 is 0 Å². The van der Waals surface area contributed by atoms with Gasteiger partial charge in [0.2, 0.25) is 5.91 Å². The summed E-state index contributed by atoms with van der Waals surface area (Å²) in [5, 5.41) is 2.96. The Hall–Kier alpha value is -2.10. The molecule has 22 heavy (non-hydrogen) atoms. The third-order valence-corrected chi connectivity index (χ3v) is 3.90. The number of amides is 1. The Morgan fingerprint density at radius 2 is 1.86 bits per heavy atom. The van der Waals surface area contributed by atoms with Crippen molar-refractivity contribution in [2.45, 2.75) is 39.2 Å². The molecule has 1 aliphatic rings. The maximum atomic E-state index is 12.1. The summed E-state index contributed by atoms with van der Waals surface area (Å²) in [5.74, 6) is -0.410.